The number of carbonyl (C=O) groups excluding carboxylic acids is 1. The Balaban J connectivity index is 0. The van der Waals surface area contributed by atoms with Gasteiger partial charge in [0.15, 0.2) is 0 Å². The van der Waals surface area contributed by atoms with Gasteiger partial charge in [-0.05, 0) is 18.9 Å². The van der Waals surface area contributed by atoms with Crippen molar-refractivity contribution in [3.63, 3.8) is 0 Å². The summed E-state index contributed by atoms with van der Waals surface area (Å²) in [6.45, 7) is 15.0. The van der Waals surface area contributed by atoms with Crippen molar-refractivity contribution in [1.82, 2.24) is 0 Å². The van der Waals surface area contributed by atoms with Gasteiger partial charge in [0.1, 0.15) is 0 Å². The standard InChI is InChI=1S/C8H18Si.C7H12O2.H2O/c1-8-6-4-5-7-9(8,2)3;1-4-5-9-7(8)6(2)3;/h8H,4-7H2,1-3H3;2,4-5H2,1,3H3;1H2. The van der Waals surface area contributed by atoms with Crippen LogP contribution in [-0.4, -0.2) is 26.1 Å². The van der Waals surface area contributed by atoms with E-state index in [0.717, 1.165) is 12.0 Å². The summed E-state index contributed by atoms with van der Waals surface area (Å²) < 4.78 is 4.71. The van der Waals surface area contributed by atoms with Crippen molar-refractivity contribution in [1.29, 1.82) is 0 Å². The Morgan fingerprint density at radius 3 is 2.26 bits per heavy atom. The van der Waals surface area contributed by atoms with Crippen molar-refractivity contribution >= 4 is 14.0 Å². The van der Waals surface area contributed by atoms with Crippen LogP contribution in [0.2, 0.25) is 24.7 Å². The van der Waals surface area contributed by atoms with E-state index in [0.29, 0.717) is 12.2 Å². The summed E-state index contributed by atoms with van der Waals surface area (Å²) in [5, 5.41) is 0. The third-order valence-corrected chi connectivity index (χ3v) is 8.43. The molecule has 0 aromatic carbocycles. The average Bonchev–Trinajstić information content (AvgIpc) is 2.30. The lowest BCUT2D eigenvalue weighted by atomic mass is 10.2. The average molecular weight is 289 g/mol. The van der Waals surface area contributed by atoms with Crippen molar-refractivity contribution in [2.75, 3.05) is 6.61 Å². The number of ether oxygens (including phenoxy) is 1. The van der Waals surface area contributed by atoms with Crippen molar-refractivity contribution < 1.29 is 15.0 Å². The molecule has 2 N–H and O–H groups in total. The predicted octanol–water partition coefficient (Wildman–Crippen LogP) is 3.96. The fourth-order valence-electron chi connectivity index (χ4n) is 1.99. The van der Waals surface area contributed by atoms with Gasteiger partial charge in [-0.1, -0.05) is 58.8 Å². The zero-order valence-electron chi connectivity index (χ0n) is 13.3. The number of hydrogen-bond acceptors (Lipinski definition) is 2. The van der Waals surface area contributed by atoms with E-state index in [4.69, 9.17) is 4.74 Å². The highest BCUT2D eigenvalue weighted by Gasteiger charge is 2.30. The fourth-order valence-corrected chi connectivity index (χ4v) is 4.63. The molecule has 0 aromatic heterocycles. The van der Waals surface area contributed by atoms with Crippen LogP contribution in [0.15, 0.2) is 12.2 Å². The Labute approximate surface area is 119 Å². The van der Waals surface area contributed by atoms with Crippen LogP contribution in [0.3, 0.4) is 0 Å². The molecule has 1 saturated heterocycles. The lowest BCUT2D eigenvalue weighted by Crippen LogP contribution is -2.33. The van der Waals surface area contributed by atoms with Gasteiger partial charge in [0, 0.05) is 5.57 Å². The summed E-state index contributed by atoms with van der Waals surface area (Å²) in [4.78, 5) is 10.6. The topological polar surface area (TPSA) is 57.8 Å². The SMILES string of the molecule is C=C(C)C(=O)OCCC.CC1CCCC[Si]1(C)C.O. The molecule has 1 atom stereocenters. The summed E-state index contributed by atoms with van der Waals surface area (Å²) in [6.07, 6.45) is 5.39. The van der Waals surface area contributed by atoms with Gasteiger partial charge in [0.25, 0.3) is 0 Å². The van der Waals surface area contributed by atoms with Gasteiger partial charge in [-0.3, -0.25) is 0 Å². The summed E-state index contributed by atoms with van der Waals surface area (Å²) in [5.74, 6) is -0.295. The van der Waals surface area contributed by atoms with Crippen molar-refractivity contribution in [3.8, 4) is 0 Å². The van der Waals surface area contributed by atoms with E-state index in [1.807, 2.05) is 6.92 Å². The van der Waals surface area contributed by atoms with E-state index in [1.165, 1.54) is 19.3 Å². The van der Waals surface area contributed by atoms with Crippen LogP contribution in [0.25, 0.3) is 0 Å². The highest BCUT2D eigenvalue weighted by molar-refractivity contribution is 6.78. The zero-order chi connectivity index (χ0) is 14.2. The van der Waals surface area contributed by atoms with Crippen LogP contribution >= 0.6 is 0 Å². The highest BCUT2D eigenvalue weighted by Crippen LogP contribution is 2.36. The van der Waals surface area contributed by atoms with E-state index in [1.54, 1.807) is 13.0 Å². The normalized spacial score (nSPS) is 20.4. The Hall–Kier alpha value is -0.613. The van der Waals surface area contributed by atoms with E-state index in [-0.39, 0.29) is 11.4 Å². The first kappa shape index (κ1) is 20.7. The second-order valence-corrected chi connectivity index (χ2v) is 11.5. The monoisotopic (exact) mass is 288 g/mol. The molecule has 1 heterocycles. The molecule has 0 bridgehead atoms. The number of esters is 1. The molecule has 0 aliphatic carbocycles. The third-order valence-electron chi connectivity index (χ3n) is 3.83. The first-order valence-electron chi connectivity index (χ1n) is 7.14. The smallest absolute Gasteiger partial charge is 0.333 e. The van der Waals surface area contributed by atoms with Crippen LogP contribution in [0.4, 0.5) is 0 Å². The maximum absolute atomic E-state index is 10.6. The summed E-state index contributed by atoms with van der Waals surface area (Å²) in [7, 11) is -0.694. The van der Waals surface area contributed by atoms with Crippen LogP contribution in [-0.2, 0) is 9.53 Å². The molecule has 0 radical (unpaired) electrons. The van der Waals surface area contributed by atoms with Crippen LogP contribution < -0.4 is 0 Å². The molecule has 1 aliphatic rings. The molecule has 3 nitrogen and oxygen atoms in total. The molecule has 1 fully saturated rings. The molecule has 114 valence electrons. The minimum Gasteiger partial charge on any atom is -0.462 e. The van der Waals surface area contributed by atoms with Crippen molar-refractivity contribution in [2.45, 2.75) is 71.1 Å². The van der Waals surface area contributed by atoms with E-state index >= 15 is 0 Å². The molecule has 0 amide bonds. The van der Waals surface area contributed by atoms with Crippen LogP contribution in [0, 0.1) is 0 Å². The highest BCUT2D eigenvalue weighted by atomic mass is 28.3. The van der Waals surface area contributed by atoms with Gasteiger partial charge < -0.3 is 10.2 Å². The van der Waals surface area contributed by atoms with Gasteiger partial charge >= 0.3 is 5.97 Å². The molecule has 1 rings (SSSR count). The summed E-state index contributed by atoms with van der Waals surface area (Å²) in [5.41, 5.74) is 1.55. The molecular formula is C15H32O3Si. The molecule has 19 heavy (non-hydrogen) atoms. The first-order chi connectivity index (χ1) is 8.31. The van der Waals surface area contributed by atoms with Gasteiger partial charge in [-0.25, -0.2) is 4.79 Å². The quantitative estimate of drug-likeness (QED) is 0.448. The van der Waals surface area contributed by atoms with Crippen molar-refractivity contribution in [3.05, 3.63) is 12.2 Å². The summed E-state index contributed by atoms with van der Waals surface area (Å²) in [6, 6.07) is 1.58. The molecule has 1 unspecified atom stereocenters. The van der Waals surface area contributed by atoms with Crippen molar-refractivity contribution in [2.24, 2.45) is 0 Å². The Kier molecular flexibility index (Phi) is 11.1. The van der Waals surface area contributed by atoms with E-state index < -0.39 is 8.07 Å². The largest absolute Gasteiger partial charge is 0.462 e. The second-order valence-electron chi connectivity index (χ2n) is 6.05. The Morgan fingerprint density at radius 2 is 1.95 bits per heavy atom. The fraction of sp³-hybridized carbons (Fsp3) is 0.800. The number of hydrogen-bond donors (Lipinski definition) is 0. The van der Waals surface area contributed by atoms with Gasteiger partial charge in [0.05, 0.1) is 14.7 Å². The lowest BCUT2D eigenvalue weighted by Gasteiger charge is -2.34. The van der Waals surface area contributed by atoms with Gasteiger partial charge in [-0.2, -0.15) is 0 Å². The molecule has 0 spiro atoms. The molecular weight excluding hydrogens is 256 g/mol. The number of rotatable bonds is 3. The lowest BCUT2D eigenvalue weighted by molar-refractivity contribution is -0.138. The summed E-state index contributed by atoms with van der Waals surface area (Å²) >= 11 is 0. The van der Waals surface area contributed by atoms with E-state index in [9.17, 15) is 4.79 Å². The van der Waals surface area contributed by atoms with Crippen LogP contribution in [0.1, 0.15) is 46.5 Å². The zero-order valence-corrected chi connectivity index (χ0v) is 14.3. The number of carbonyl (C=O) groups is 1. The Morgan fingerprint density at radius 1 is 1.37 bits per heavy atom. The van der Waals surface area contributed by atoms with Crippen LogP contribution in [0.5, 0.6) is 0 Å². The Bertz CT molecular complexity index is 275. The maximum Gasteiger partial charge on any atom is 0.333 e. The molecule has 4 heteroatoms. The third kappa shape index (κ3) is 9.00. The molecule has 1 aliphatic heterocycles. The van der Waals surface area contributed by atoms with Gasteiger partial charge in [-0.15, -0.1) is 0 Å². The van der Waals surface area contributed by atoms with Gasteiger partial charge in [0.2, 0.25) is 0 Å². The maximum atomic E-state index is 10.6. The minimum atomic E-state index is -0.694. The second kappa shape index (κ2) is 10.2. The molecule has 0 saturated carbocycles. The van der Waals surface area contributed by atoms with E-state index in [2.05, 4.69) is 26.6 Å². The molecule has 0 aromatic rings. The predicted molar refractivity (Wildman–Crippen MR) is 85.2 cm³/mol. The minimum absolute atomic E-state index is 0. The first-order valence-corrected chi connectivity index (χ1v) is 10.4.